The SMILES string of the molecule is COc1cccc(CN(C(=O)Cc2c(Cl)cccc2Cl)C(C)C(=O)NC2CCCC2)c1. The minimum absolute atomic E-state index is 0.0174. The van der Waals surface area contributed by atoms with Gasteiger partial charge in [-0.2, -0.15) is 0 Å². The van der Waals surface area contributed by atoms with E-state index >= 15 is 0 Å². The summed E-state index contributed by atoms with van der Waals surface area (Å²) in [7, 11) is 1.60. The number of hydrogen-bond acceptors (Lipinski definition) is 3. The summed E-state index contributed by atoms with van der Waals surface area (Å²) in [4.78, 5) is 27.9. The number of amides is 2. The summed E-state index contributed by atoms with van der Waals surface area (Å²) in [5.41, 5.74) is 1.44. The molecule has 2 aromatic carbocycles. The number of rotatable bonds is 8. The van der Waals surface area contributed by atoms with Crippen LogP contribution in [0.25, 0.3) is 0 Å². The average Bonchev–Trinajstić information content (AvgIpc) is 3.27. The summed E-state index contributed by atoms with van der Waals surface area (Å²) >= 11 is 12.6. The van der Waals surface area contributed by atoms with Crippen molar-refractivity contribution >= 4 is 35.0 Å². The number of halogens is 2. The van der Waals surface area contributed by atoms with E-state index in [0.29, 0.717) is 21.4 Å². The molecule has 1 N–H and O–H groups in total. The van der Waals surface area contributed by atoms with Crippen molar-refractivity contribution in [1.82, 2.24) is 10.2 Å². The molecule has 2 aromatic rings. The van der Waals surface area contributed by atoms with Crippen molar-refractivity contribution in [3.8, 4) is 5.75 Å². The van der Waals surface area contributed by atoms with E-state index in [0.717, 1.165) is 31.2 Å². The van der Waals surface area contributed by atoms with E-state index in [9.17, 15) is 9.59 Å². The fraction of sp³-hybridized carbons (Fsp3) is 0.417. The number of nitrogens with one attached hydrogen (secondary N) is 1. The molecule has 1 aliphatic rings. The van der Waals surface area contributed by atoms with Crippen molar-refractivity contribution in [1.29, 1.82) is 0 Å². The predicted molar refractivity (Wildman–Crippen MR) is 124 cm³/mol. The van der Waals surface area contributed by atoms with Gasteiger partial charge in [-0.05, 0) is 55.2 Å². The zero-order chi connectivity index (χ0) is 22.4. The lowest BCUT2D eigenvalue weighted by molar-refractivity contribution is -0.140. The Balaban J connectivity index is 1.83. The summed E-state index contributed by atoms with van der Waals surface area (Å²) in [6.07, 6.45) is 4.23. The van der Waals surface area contributed by atoms with E-state index in [-0.39, 0.29) is 30.8 Å². The highest BCUT2D eigenvalue weighted by Gasteiger charge is 2.29. The molecule has 0 spiro atoms. The van der Waals surface area contributed by atoms with Gasteiger partial charge in [0.15, 0.2) is 0 Å². The molecular formula is C24H28Cl2N2O3. The highest BCUT2D eigenvalue weighted by molar-refractivity contribution is 6.36. The van der Waals surface area contributed by atoms with Crippen molar-refractivity contribution in [2.45, 2.75) is 57.7 Å². The molecule has 0 saturated heterocycles. The Kier molecular flexibility index (Phi) is 8.22. The second kappa shape index (κ2) is 10.9. The van der Waals surface area contributed by atoms with Gasteiger partial charge in [-0.25, -0.2) is 0 Å². The maximum atomic E-state index is 13.4. The largest absolute Gasteiger partial charge is 0.497 e. The predicted octanol–water partition coefficient (Wildman–Crippen LogP) is 5.02. The quantitative estimate of drug-likeness (QED) is 0.598. The van der Waals surface area contributed by atoms with Gasteiger partial charge in [0, 0.05) is 22.6 Å². The van der Waals surface area contributed by atoms with Crippen LogP contribution in [0.4, 0.5) is 0 Å². The van der Waals surface area contributed by atoms with Gasteiger partial charge < -0.3 is 15.0 Å². The summed E-state index contributed by atoms with van der Waals surface area (Å²) < 4.78 is 5.30. The molecule has 166 valence electrons. The van der Waals surface area contributed by atoms with E-state index in [1.54, 1.807) is 37.1 Å². The van der Waals surface area contributed by atoms with Crippen LogP contribution < -0.4 is 10.1 Å². The zero-order valence-corrected chi connectivity index (χ0v) is 19.4. The minimum atomic E-state index is -0.638. The summed E-state index contributed by atoms with van der Waals surface area (Å²) in [6, 6.07) is 12.2. The minimum Gasteiger partial charge on any atom is -0.497 e. The molecule has 3 rings (SSSR count). The standard InChI is InChI=1S/C24H28Cl2N2O3/c1-16(24(30)27-18-8-3-4-9-18)28(15-17-7-5-10-19(13-17)31-2)23(29)14-20-21(25)11-6-12-22(20)26/h5-7,10-13,16,18H,3-4,8-9,14-15H2,1-2H3,(H,27,30). The van der Waals surface area contributed by atoms with Crippen molar-refractivity contribution < 1.29 is 14.3 Å². The van der Waals surface area contributed by atoms with E-state index in [4.69, 9.17) is 27.9 Å². The van der Waals surface area contributed by atoms with Gasteiger partial charge in [0.2, 0.25) is 11.8 Å². The van der Waals surface area contributed by atoms with Crippen molar-refractivity contribution in [3.05, 3.63) is 63.6 Å². The molecular weight excluding hydrogens is 435 g/mol. The monoisotopic (exact) mass is 462 g/mol. The molecule has 2 amide bonds. The first-order valence-corrected chi connectivity index (χ1v) is 11.3. The maximum absolute atomic E-state index is 13.4. The van der Waals surface area contributed by atoms with Crippen LogP contribution in [0, 0.1) is 0 Å². The van der Waals surface area contributed by atoms with Crippen molar-refractivity contribution in [2.75, 3.05) is 7.11 Å². The molecule has 1 atom stereocenters. The Labute approximate surface area is 193 Å². The Morgan fingerprint density at radius 2 is 1.77 bits per heavy atom. The topological polar surface area (TPSA) is 58.6 Å². The van der Waals surface area contributed by atoms with Crippen LogP contribution in [0.2, 0.25) is 10.0 Å². The number of carbonyl (C=O) groups is 2. The molecule has 0 heterocycles. The Morgan fingerprint density at radius 3 is 2.42 bits per heavy atom. The van der Waals surface area contributed by atoms with Gasteiger partial charge in [0.1, 0.15) is 11.8 Å². The Morgan fingerprint density at radius 1 is 1.13 bits per heavy atom. The number of nitrogens with zero attached hydrogens (tertiary/aromatic N) is 1. The van der Waals surface area contributed by atoms with Crippen LogP contribution in [0.1, 0.15) is 43.7 Å². The number of carbonyl (C=O) groups excluding carboxylic acids is 2. The third-order valence-corrected chi connectivity index (χ3v) is 6.45. The number of benzene rings is 2. The summed E-state index contributed by atoms with van der Waals surface area (Å²) in [5, 5.41) is 3.97. The molecule has 0 aliphatic heterocycles. The van der Waals surface area contributed by atoms with Crippen LogP contribution in [0.5, 0.6) is 5.75 Å². The van der Waals surface area contributed by atoms with Crippen molar-refractivity contribution in [2.24, 2.45) is 0 Å². The van der Waals surface area contributed by atoms with E-state index in [1.807, 2.05) is 24.3 Å². The third kappa shape index (κ3) is 6.14. The number of methoxy groups -OCH3 is 1. The molecule has 5 nitrogen and oxygen atoms in total. The molecule has 1 fully saturated rings. The average molecular weight is 463 g/mol. The molecule has 31 heavy (non-hydrogen) atoms. The van der Waals surface area contributed by atoms with Crippen molar-refractivity contribution in [3.63, 3.8) is 0 Å². The van der Waals surface area contributed by atoms with Crippen LogP contribution in [-0.2, 0) is 22.6 Å². The second-order valence-electron chi connectivity index (χ2n) is 7.92. The lowest BCUT2D eigenvalue weighted by Crippen LogP contribution is -2.50. The Bertz CT molecular complexity index is 909. The number of ether oxygens (including phenoxy) is 1. The highest BCUT2D eigenvalue weighted by Crippen LogP contribution is 2.26. The first kappa shape index (κ1) is 23.4. The van der Waals surface area contributed by atoms with Crippen LogP contribution in [0.15, 0.2) is 42.5 Å². The van der Waals surface area contributed by atoms with E-state index in [1.165, 1.54) is 0 Å². The summed E-state index contributed by atoms with van der Waals surface area (Å²) in [5.74, 6) is 0.336. The fourth-order valence-electron chi connectivity index (χ4n) is 3.90. The molecule has 1 saturated carbocycles. The smallest absolute Gasteiger partial charge is 0.242 e. The van der Waals surface area contributed by atoms with Crippen LogP contribution in [0.3, 0.4) is 0 Å². The van der Waals surface area contributed by atoms with Gasteiger partial charge in [-0.1, -0.05) is 54.2 Å². The first-order chi connectivity index (χ1) is 14.9. The molecule has 1 aliphatic carbocycles. The highest BCUT2D eigenvalue weighted by atomic mass is 35.5. The van der Waals surface area contributed by atoms with Gasteiger partial charge in [-0.15, -0.1) is 0 Å². The molecule has 0 radical (unpaired) electrons. The summed E-state index contributed by atoms with van der Waals surface area (Å²) in [6.45, 7) is 2.04. The molecule has 0 bridgehead atoms. The molecule has 1 unspecified atom stereocenters. The van der Waals surface area contributed by atoms with E-state index < -0.39 is 6.04 Å². The molecule has 7 heteroatoms. The maximum Gasteiger partial charge on any atom is 0.242 e. The third-order valence-electron chi connectivity index (χ3n) is 5.75. The first-order valence-electron chi connectivity index (χ1n) is 10.5. The lowest BCUT2D eigenvalue weighted by atomic mass is 10.1. The van der Waals surface area contributed by atoms with Gasteiger partial charge >= 0.3 is 0 Å². The van der Waals surface area contributed by atoms with E-state index in [2.05, 4.69) is 5.32 Å². The molecule has 0 aromatic heterocycles. The lowest BCUT2D eigenvalue weighted by Gasteiger charge is -2.30. The van der Waals surface area contributed by atoms with Crippen LogP contribution in [-0.4, -0.2) is 35.9 Å². The second-order valence-corrected chi connectivity index (χ2v) is 8.73. The number of hydrogen-bond donors (Lipinski definition) is 1. The Hall–Kier alpha value is -2.24. The van der Waals surface area contributed by atoms with Gasteiger partial charge in [0.25, 0.3) is 0 Å². The normalized spacial score (nSPS) is 14.8. The van der Waals surface area contributed by atoms with Crippen LogP contribution >= 0.6 is 23.2 Å². The zero-order valence-electron chi connectivity index (χ0n) is 17.9. The fourth-order valence-corrected chi connectivity index (χ4v) is 4.43. The van der Waals surface area contributed by atoms with Gasteiger partial charge in [0.05, 0.1) is 13.5 Å². The van der Waals surface area contributed by atoms with Gasteiger partial charge in [-0.3, -0.25) is 9.59 Å².